The van der Waals surface area contributed by atoms with Crippen LogP contribution in [0.25, 0.3) is 0 Å². The van der Waals surface area contributed by atoms with Crippen LogP contribution in [0.2, 0.25) is 0 Å². The third-order valence-electron chi connectivity index (χ3n) is 10.8. The second-order valence-electron chi connectivity index (χ2n) is 13.9. The average Bonchev–Trinajstić information content (AvgIpc) is 3.14. The summed E-state index contributed by atoms with van der Waals surface area (Å²) in [6.07, 6.45) is 4.38. The van der Waals surface area contributed by atoms with Gasteiger partial charge in [0.2, 0.25) is 5.75 Å². The van der Waals surface area contributed by atoms with E-state index in [4.69, 9.17) is 28.4 Å². The lowest BCUT2D eigenvalue weighted by Gasteiger charge is -2.38. The van der Waals surface area contributed by atoms with Crippen LogP contribution >= 0.6 is 0 Å². The highest BCUT2D eigenvalue weighted by Crippen LogP contribution is 2.52. The molecule has 0 saturated carbocycles. The molecule has 0 aliphatic carbocycles. The van der Waals surface area contributed by atoms with Crippen LogP contribution in [0.5, 0.6) is 40.2 Å². The molecule has 0 fully saturated rings. The lowest BCUT2D eigenvalue weighted by atomic mass is 9.84. The van der Waals surface area contributed by atoms with Gasteiger partial charge in [-0.3, -0.25) is 9.80 Å². The third kappa shape index (κ3) is 7.13. The Kier molecular flexibility index (Phi) is 10.7. The predicted molar refractivity (Wildman–Crippen MR) is 199 cm³/mol. The Labute approximate surface area is 302 Å². The predicted octanol–water partition coefficient (Wildman–Crippen LogP) is 7.28. The molecule has 6 bridgehead atoms. The van der Waals surface area contributed by atoms with Gasteiger partial charge < -0.3 is 33.7 Å². The molecule has 270 valence electrons. The minimum Gasteiger partial charge on any atom is -0.493 e. The normalized spacial score (nSPS) is 18.5. The lowest BCUT2D eigenvalue weighted by Crippen LogP contribution is -2.35. The molecule has 4 heterocycles. The van der Waals surface area contributed by atoms with E-state index in [1.54, 1.807) is 28.4 Å². The van der Waals surface area contributed by atoms with Gasteiger partial charge in [0.05, 0.1) is 21.3 Å². The molecule has 0 unspecified atom stereocenters. The van der Waals surface area contributed by atoms with Crippen LogP contribution in [0.4, 0.5) is 0 Å². The average molecular weight is 694 g/mol. The van der Waals surface area contributed by atoms with Crippen LogP contribution in [0.1, 0.15) is 57.4 Å². The van der Waals surface area contributed by atoms with Crippen molar-refractivity contribution in [2.75, 3.05) is 68.8 Å². The van der Waals surface area contributed by atoms with Crippen molar-refractivity contribution in [2.45, 2.75) is 50.7 Å². The Morgan fingerprint density at radius 3 is 2.24 bits per heavy atom. The first kappa shape index (κ1) is 35.1. The van der Waals surface area contributed by atoms with Crippen molar-refractivity contribution in [3.63, 3.8) is 0 Å². The Hall–Kier alpha value is -4.28. The van der Waals surface area contributed by atoms with Gasteiger partial charge in [0.15, 0.2) is 23.0 Å². The van der Waals surface area contributed by atoms with E-state index in [-0.39, 0.29) is 12.1 Å². The van der Waals surface area contributed by atoms with Crippen LogP contribution in [-0.4, -0.2) is 78.6 Å². The largest absolute Gasteiger partial charge is 0.493 e. The van der Waals surface area contributed by atoms with Crippen LogP contribution in [0.15, 0.2) is 60.7 Å². The summed E-state index contributed by atoms with van der Waals surface area (Å²) >= 11 is 0. The van der Waals surface area contributed by atoms with Gasteiger partial charge in [-0.2, -0.15) is 0 Å². The molecule has 0 saturated heterocycles. The van der Waals surface area contributed by atoms with E-state index >= 15 is 0 Å². The molecule has 9 heteroatoms. The zero-order valence-electron chi connectivity index (χ0n) is 30.8. The topological polar surface area (TPSA) is 73.9 Å². The zero-order chi connectivity index (χ0) is 35.5. The van der Waals surface area contributed by atoms with Crippen molar-refractivity contribution in [1.29, 1.82) is 0 Å². The summed E-state index contributed by atoms with van der Waals surface area (Å²) in [4.78, 5) is 4.88. The highest BCUT2D eigenvalue weighted by Gasteiger charge is 2.36. The highest BCUT2D eigenvalue weighted by molar-refractivity contribution is 5.66. The van der Waals surface area contributed by atoms with Gasteiger partial charge >= 0.3 is 0 Å². The second-order valence-corrected chi connectivity index (χ2v) is 13.9. The fourth-order valence-corrected chi connectivity index (χ4v) is 8.05. The molecule has 0 radical (unpaired) electrons. The van der Waals surface area contributed by atoms with Crippen LogP contribution in [0, 0.1) is 0 Å². The van der Waals surface area contributed by atoms with Gasteiger partial charge in [-0.25, -0.2) is 0 Å². The molecule has 0 spiro atoms. The number of likely N-dealkylation sites (N-methyl/N-ethyl adjacent to an activating group) is 2. The number of methoxy groups -OCH3 is 4. The fraction of sp³-hybridized carbons (Fsp3) is 0.429. The van der Waals surface area contributed by atoms with Gasteiger partial charge in [0, 0.05) is 56.6 Å². The van der Waals surface area contributed by atoms with E-state index in [9.17, 15) is 0 Å². The monoisotopic (exact) mass is 693 g/mol. The van der Waals surface area contributed by atoms with Crippen molar-refractivity contribution >= 4 is 0 Å². The zero-order valence-corrected chi connectivity index (χ0v) is 30.8. The molecule has 0 amide bonds. The highest BCUT2D eigenvalue weighted by atomic mass is 16.5. The maximum absolute atomic E-state index is 7.11. The number of rotatable bonds is 9. The quantitative estimate of drug-likeness (QED) is 0.182. The van der Waals surface area contributed by atoms with Crippen molar-refractivity contribution in [3.05, 3.63) is 99.6 Å². The molecule has 4 aliphatic rings. The van der Waals surface area contributed by atoms with Gasteiger partial charge in [-0.1, -0.05) is 24.3 Å². The number of hydrogen-bond donors (Lipinski definition) is 1. The maximum atomic E-state index is 7.11. The molecule has 1 N–H and O–H groups in total. The lowest BCUT2D eigenvalue weighted by molar-refractivity contribution is 0.194. The molecule has 9 nitrogen and oxygen atoms in total. The van der Waals surface area contributed by atoms with E-state index in [2.05, 4.69) is 83.8 Å². The number of nitrogens with one attached hydrogen (secondary N) is 1. The Balaban J connectivity index is 1.42. The minimum atomic E-state index is -0.00767. The van der Waals surface area contributed by atoms with Gasteiger partial charge in [-0.15, -0.1) is 0 Å². The van der Waals surface area contributed by atoms with Crippen LogP contribution in [0.3, 0.4) is 0 Å². The molecule has 0 aromatic heterocycles. The molecule has 2 atom stereocenters. The van der Waals surface area contributed by atoms with Gasteiger partial charge in [0.1, 0.15) is 11.5 Å². The molecule has 8 rings (SSSR count). The van der Waals surface area contributed by atoms with E-state index < -0.39 is 0 Å². The van der Waals surface area contributed by atoms with Crippen molar-refractivity contribution in [1.82, 2.24) is 15.1 Å². The smallest absolute Gasteiger partial charge is 0.204 e. The maximum Gasteiger partial charge on any atom is 0.204 e. The van der Waals surface area contributed by atoms with Gasteiger partial charge in [-0.05, 0) is 117 Å². The number of benzene rings is 4. The van der Waals surface area contributed by atoms with Crippen LogP contribution in [-0.2, 0) is 37.0 Å². The van der Waals surface area contributed by atoms with Gasteiger partial charge in [0.25, 0.3) is 0 Å². The SMILES string of the molecule is COCCCNCc1c2c3c(c(OC)c1OC)Oc1ccc4c(c1)[C@H](Cc1ccc(cc1)Oc1cc(ccc1OC)C[C@@H]3N(C)CC2)N(C)CC4. The minimum absolute atomic E-state index is 0.00767. The van der Waals surface area contributed by atoms with Crippen molar-refractivity contribution in [3.8, 4) is 40.2 Å². The van der Waals surface area contributed by atoms with E-state index in [0.29, 0.717) is 36.1 Å². The summed E-state index contributed by atoms with van der Waals surface area (Å²) in [5.41, 5.74) is 8.54. The molecular weight excluding hydrogens is 642 g/mol. The standard InChI is InChI=1S/C42H51N3O6/c1-44-19-16-29-11-14-31-25-33(29)35(44)22-27-8-12-30(13-9-27)50-38-24-28(10-15-37(38)47-4)23-36-39-32(17-20-45(36)2)34(26-43-18-7-21-46-3)40(48-5)42(49-6)41(39)51-31/h8-15,24-25,35-36,43H,7,16-23,26H2,1-6H3/t35-,36-/m0/s1. The first-order valence-electron chi connectivity index (χ1n) is 18.1. The van der Waals surface area contributed by atoms with E-state index in [1.807, 2.05) is 6.07 Å². The van der Waals surface area contributed by atoms with Crippen LogP contribution < -0.4 is 29.0 Å². The summed E-state index contributed by atoms with van der Waals surface area (Å²) in [6.45, 7) is 4.08. The summed E-state index contributed by atoms with van der Waals surface area (Å²) in [5, 5.41) is 3.65. The first-order chi connectivity index (χ1) is 24.9. The summed E-state index contributed by atoms with van der Waals surface area (Å²) < 4.78 is 37.1. The number of ether oxygens (including phenoxy) is 6. The van der Waals surface area contributed by atoms with E-state index in [1.165, 1.54) is 22.3 Å². The third-order valence-corrected chi connectivity index (χ3v) is 10.8. The second kappa shape index (κ2) is 15.5. The molecule has 4 aromatic carbocycles. The van der Waals surface area contributed by atoms with E-state index in [0.717, 1.165) is 85.7 Å². The summed E-state index contributed by atoms with van der Waals surface area (Å²) in [7, 11) is 11.3. The Morgan fingerprint density at radius 2 is 1.47 bits per heavy atom. The number of nitrogens with zero attached hydrogens (tertiary/aromatic N) is 2. The molecule has 4 aromatic rings. The van der Waals surface area contributed by atoms with Crippen molar-refractivity contribution < 1.29 is 28.4 Å². The Bertz CT molecular complexity index is 1840. The fourth-order valence-electron chi connectivity index (χ4n) is 8.05. The summed E-state index contributed by atoms with van der Waals surface area (Å²) in [5.74, 6) is 5.02. The molecular formula is C42H51N3O6. The number of hydrogen-bond acceptors (Lipinski definition) is 9. The first-order valence-corrected chi connectivity index (χ1v) is 18.1. The molecule has 51 heavy (non-hydrogen) atoms. The Morgan fingerprint density at radius 1 is 0.745 bits per heavy atom. The number of fused-ring (bicyclic) bond motifs is 2. The van der Waals surface area contributed by atoms with Crippen molar-refractivity contribution in [2.24, 2.45) is 0 Å². The summed E-state index contributed by atoms with van der Waals surface area (Å²) in [6, 6.07) is 21.5. The molecule has 4 aliphatic heterocycles.